The Morgan fingerprint density at radius 1 is 1.50 bits per heavy atom. The molecule has 0 amide bonds. The van der Waals surface area contributed by atoms with Crippen molar-refractivity contribution >= 4 is 5.84 Å². The topological polar surface area (TPSA) is 53.1 Å². The van der Waals surface area contributed by atoms with Gasteiger partial charge in [0.05, 0.1) is 6.04 Å². The Bertz CT molecular complexity index is 159. The third kappa shape index (κ3) is 2.21. The minimum absolute atomic E-state index is 0.137. The Balaban J connectivity index is 2.39. The summed E-state index contributed by atoms with van der Waals surface area (Å²) in [7, 11) is 0. The second kappa shape index (κ2) is 3.90. The molecule has 0 radical (unpaired) electrons. The lowest BCUT2D eigenvalue weighted by atomic mass is 9.98. The number of amidine groups is 1. The third-order valence-electron chi connectivity index (χ3n) is 2.82. The summed E-state index contributed by atoms with van der Waals surface area (Å²) in [6.07, 6.45) is 2.50. The predicted molar refractivity (Wildman–Crippen MR) is 51.3 cm³/mol. The maximum Gasteiger partial charge on any atom is 0.108 e. The Morgan fingerprint density at radius 3 is 2.42 bits per heavy atom. The molecule has 0 bridgehead atoms. The molecule has 1 saturated heterocycles. The van der Waals surface area contributed by atoms with Crippen molar-refractivity contribution in [2.45, 2.75) is 32.7 Å². The fraction of sp³-hybridized carbons (Fsp3) is 0.889. The van der Waals surface area contributed by atoms with E-state index >= 15 is 0 Å². The van der Waals surface area contributed by atoms with E-state index in [1.807, 2.05) is 6.92 Å². The maximum atomic E-state index is 7.32. The molecule has 0 aliphatic carbocycles. The van der Waals surface area contributed by atoms with Crippen molar-refractivity contribution in [3.63, 3.8) is 0 Å². The lowest BCUT2D eigenvalue weighted by Crippen LogP contribution is -2.45. The lowest BCUT2D eigenvalue weighted by molar-refractivity contribution is 0.176. The predicted octanol–water partition coefficient (Wildman–Crippen LogP) is 1.04. The smallest absolute Gasteiger partial charge is 0.108 e. The maximum absolute atomic E-state index is 7.32. The second-order valence-electron chi connectivity index (χ2n) is 3.85. The first kappa shape index (κ1) is 9.52. The van der Waals surface area contributed by atoms with Crippen LogP contribution in [0.4, 0.5) is 0 Å². The molecule has 1 unspecified atom stereocenters. The zero-order valence-corrected chi connectivity index (χ0v) is 8.01. The molecule has 3 N–H and O–H groups in total. The van der Waals surface area contributed by atoms with Gasteiger partial charge in [-0.05, 0) is 38.8 Å². The second-order valence-corrected chi connectivity index (χ2v) is 3.85. The number of nitrogens with one attached hydrogen (secondary N) is 1. The molecule has 70 valence electrons. The first-order valence-corrected chi connectivity index (χ1v) is 4.69. The van der Waals surface area contributed by atoms with Crippen LogP contribution in [0.15, 0.2) is 0 Å². The van der Waals surface area contributed by atoms with E-state index in [4.69, 9.17) is 11.1 Å². The van der Waals surface area contributed by atoms with Gasteiger partial charge in [-0.3, -0.25) is 10.3 Å². The summed E-state index contributed by atoms with van der Waals surface area (Å²) >= 11 is 0. The van der Waals surface area contributed by atoms with E-state index in [2.05, 4.69) is 11.8 Å². The fourth-order valence-corrected chi connectivity index (χ4v) is 1.61. The van der Waals surface area contributed by atoms with E-state index in [1.54, 1.807) is 0 Å². The zero-order valence-electron chi connectivity index (χ0n) is 8.01. The van der Waals surface area contributed by atoms with Crippen LogP contribution >= 0.6 is 0 Å². The molecule has 3 heteroatoms. The summed E-state index contributed by atoms with van der Waals surface area (Å²) in [5, 5.41) is 7.32. The molecule has 0 aromatic heterocycles. The largest absolute Gasteiger partial charge is 0.386 e. The summed E-state index contributed by atoms with van der Waals surface area (Å²) in [6, 6.07) is 0.137. The summed E-state index contributed by atoms with van der Waals surface area (Å²) in [5.74, 6) is 1.14. The third-order valence-corrected chi connectivity index (χ3v) is 2.82. The molecule has 0 spiro atoms. The normalized spacial score (nSPS) is 23.8. The highest BCUT2D eigenvalue weighted by molar-refractivity contribution is 5.82. The van der Waals surface area contributed by atoms with E-state index in [1.165, 1.54) is 12.8 Å². The van der Waals surface area contributed by atoms with Crippen molar-refractivity contribution in [3.8, 4) is 0 Å². The van der Waals surface area contributed by atoms with Crippen LogP contribution in [0.3, 0.4) is 0 Å². The van der Waals surface area contributed by atoms with Crippen molar-refractivity contribution in [1.29, 1.82) is 5.41 Å². The van der Waals surface area contributed by atoms with Crippen LogP contribution in [-0.4, -0.2) is 29.9 Å². The number of piperidine rings is 1. The summed E-state index contributed by atoms with van der Waals surface area (Å²) in [5.41, 5.74) is 5.44. The van der Waals surface area contributed by atoms with Crippen LogP contribution < -0.4 is 5.73 Å². The number of nitrogens with two attached hydrogens (primary N) is 1. The standard InChI is InChI=1S/C9H19N3/c1-7-3-5-12(6-4-7)8(2)9(10)11/h7-8H,3-6H2,1-2H3,(H3,10,11). The van der Waals surface area contributed by atoms with Gasteiger partial charge >= 0.3 is 0 Å². The van der Waals surface area contributed by atoms with Crippen molar-refractivity contribution < 1.29 is 0 Å². The minimum atomic E-state index is 0.137. The van der Waals surface area contributed by atoms with Gasteiger partial charge in [0.1, 0.15) is 5.84 Å². The minimum Gasteiger partial charge on any atom is -0.386 e. The molecule has 12 heavy (non-hydrogen) atoms. The lowest BCUT2D eigenvalue weighted by Gasteiger charge is -2.34. The Kier molecular flexibility index (Phi) is 3.09. The van der Waals surface area contributed by atoms with Gasteiger partial charge in [-0.1, -0.05) is 6.92 Å². The zero-order chi connectivity index (χ0) is 9.14. The van der Waals surface area contributed by atoms with Crippen molar-refractivity contribution in [3.05, 3.63) is 0 Å². The number of likely N-dealkylation sites (tertiary alicyclic amines) is 1. The van der Waals surface area contributed by atoms with Crippen molar-refractivity contribution in [2.75, 3.05) is 13.1 Å². The molecule has 0 saturated carbocycles. The fourth-order valence-electron chi connectivity index (χ4n) is 1.61. The van der Waals surface area contributed by atoms with Gasteiger partial charge < -0.3 is 5.73 Å². The molecule has 0 aromatic rings. The molecular weight excluding hydrogens is 150 g/mol. The average Bonchev–Trinajstić information content (AvgIpc) is 2.04. The first-order valence-electron chi connectivity index (χ1n) is 4.69. The van der Waals surface area contributed by atoms with E-state index in [9.17, 15) is 0 Å². The number of hydrogen-bond acceptors (Lipinski definition) is 2. The highest BCUT2D eigenvalue weighted by atomic mass is 15.2. The van der Waals surface area contributed by atoms with Crippen LogP contribution in [-0.2, 0) is 0 Å². The molecule has 1 aliphatic rings. The highest BCUT2D eigenvalue weighted by Crippen LogP contribution is 2.17. The van der Waals surface area contributed by atoms with Crippen LogP contribution in [0, 0.1) is 11.3 Å². The molecule has 1 aliphatic heterocycles. The Labute approximate surface area is 74.4 Å². The van der Waals surface area contributed by atoms with Crippen LogP contribution in [0.25, 0.3) is 0 Å². The van der Waals surface area contributed by atoms with Gasteiger partial charge in [-0.25, -0.2) is 0 Å². The molecule has 1 rings (SSSR count). The summed E-state index contributed by atoms with van der Waals surface area (Å²) in [6.45, 7) is 6.50. The molecule has 0 aromatic carbocycles. The number of rotatable bonds is 2. The van der Waals surface area contributed by atoms with E-state index < -0.39 is 0 Å². The Hall–Kier alpha value is -0.570. The van der Waals surface area contributed by atoms with Gasteiger partial charge in [-0.2, -0.15) is 0 Å². The number of hydrogen-bond donors (Lipinski definition) is 2. The van der Waals surface area contributed by atoms with E-state index in [-0.39, 0.29) is 6.04 Å². The van der Waals surface area contributed by atoms with Gasteiger partial charge in [0.15, 0.2) is 0 Å². The summed E-state index contributed by atoms with van der Waals surface area (Å²) in [4.78, 5) is 2.29. The quantitative estimate of drug-likeness (QED) is 0.479. The van der Waals surface area contributed by atoms with Gasteiger partial charge in [0.2, 0.25) is 0 Å². The number of nitrogens with zero attached hydrogens (tertiary/aromatic N) is 1. The van der Waals surface area contributed by atoms with Crippen LogP contribution in [0.2, 0.25) is 0 Å². The van der Waals surface area contributed by atoms with Crippen LogP contribution in [0.1, 0.15) is 26.7 Å². The van der Waals surface area contributed by atoms with Gasteiger partial charge in [0.25, 0.3) is 0 Å². The van der Waals surface area contributed by atoms with E-state index in [0.29, 0.717) is 5.84 Å². The molecule has 1 fully saturated rings. The monoisotopic (exact) mass is 169 g/mol. The molecule has 1 atom stereocenters. The van der Waals surface area contributed by atoms with E-state index in [0.717, 1.165) is 19.0 Å². The first-order chi connectivity index (χ1) is 5.61. The van der Waals surface area contributed by atoms with Crippen LogP contribution in [0.5, 0.6) is 0 Å². The average molecular weight is 169 g/mol. The van der Waals surface area contributed by atoms with Gasteiger partial charge in [-0.15, -0.1) is 0 Å². The summed E-state index contributed by atoms with van der Waals surface area (Å²) < 4.78 is 0. The van der Waals surface area contributed by atoms with Crippen molar-refractivity contribution in [2.24, 2.45) is 11.7 Å². The van der Waals surface area contributed by atoms with Crippen molar-refractivity contribution in [1.82, 2.24) is 4.90 Å². The SMILES string of the molecule is CC1CCN(C(C)C(=N)N)CC1. The highest BCUT2D eigenvalue weighted by Gasteiger charge is 2.21. The molecule has 3 nitrogen and oxygen atoms in total. The molecule has 1 heterocycles. The molecular formula is C9H19N3. The van der Waals surface area contributed by atoms with Gasteiger partial charge in [0, 0.05) is 0 Å². The Morgan fingerprint density at radius 2 is 2.00 bits per heavy atom.